The molecule has 29 heavy (non-hydrogen) atoms. The summed E-state index contributed by atoms with van der Waals surface area (Å²) in [7, 11) is 0. The number of carboxylic acid groups (broad SMARTS) is 1. The lowest BCUT2D eigenvalue weighted by Gasteiger charge is -2.10. The summed E-state index contributed by atoms with van der Waals surface area (Å²) < 4.78 is 0. The highest BCUT2D eigenvalue weighted by atomic mass is 32.1. The molecular formula is C22H20N2O4S. The predicted octanol–water partition coefficient (Wildman–Crippen LogP) is 4.15. The third kappa shape index (κ3) is 5.52. The van der Waals surface area contributed by atoms with E-state index in [1.807, 2.05) is 66.0 Å². The van der Waals surface area contributed by atoms with Crippen molar-refractivity contribution >= 4 is 34.1 Å². The van der Waals surface area contributed by atoms with E-state index in [-0.39, 0.29) is 18.7 Å². The van der Waals surface area contributed by atoms with Crippen molar-refractivity contribution in [3.8, 4) is 11.1 Å². The number of anilines is 1. The minimum Gasteiger partial charge on any atom is -0.481 e. The van der Waals surface area contributed by atoms with Gasteiger partial charge in [0.2, 0.25) is 5.91 Å². The molecule has 1 heterocycles. The van der Waals surface area contributed by atoms with Crippen LogP contribution in [0.25, 0.3) is 11.1 Å². The van der Waals surface area contributed by atoms with Crippen LogP contribution in [0, 0.1) is 0 Å². The molecule has 0 atom stereocenters. The summed E-state index contributed by atoms with van der Waals surface area (Å²) in [6, 6.07) is 19.0. The molecule has 0 aliphatic carbocycles. The summed E-state index contributed by atoms with van der Waals surface area (Å²) in [5, 5.41) is 16.6. The highest BCUT2D eigenvalue weighted by Gasteiger charge is 2.21. The quantitative estimate of drug-likeness (QED) is 0.522. The molecule has 3 N–H and O–H groups in total. The number of amides is 2. The molecule has 0 saturated carbocycles. The maximum absolute atomic E-state index is 13.0. The average Bonchev–Trinajstić information content (AvgIpc) is 3.15. The van der Waals surface area contributed by atoms with Gasteiger partial charge >= 0.3 is 5.97 Å². The van der Waals surface area contributed by atoms with Gasteiger partial charge in [0.05, 0.1) is 12.0 Å². The van der Waals surface area contributed by atoms with Crippen molar-refractivity contribution in [1.29, 1.82) is 0 Å². The van der Waals surface area contributed by atoms with E-state index in [1.165, 1.54) is 11.3 Å². The molecular weight excluding hydrogens is 388 g/mol. The Hall–Kier alpha value is -3.45. The number of thiophene rings is 1. The van der Waals surface area contributed by atoms with Gasteiger partial charge in [-0.25, -0.2) is 0 Å². The minimum atomic E-state index is -1.04. The van der Waals surface area contributed by atoms with Gasteiger partial charge in [0.25, 0.3) is 5.91 Å². The van der Waals surface area contributed by atoms with Crippen LogP contribution in [0.4, 0.5) is 5.00 Å². The van der Waals surface area contributed by atoms with Gasteiger partial charge in [0, 0.05) is 23.9 Å². The van der Waals surface area contributed by atoms with Gasteiger partial charge in [-0.05, 0) is 11.1 Å². The fraction of sp³-hybridized carbons (Fsp3) is 0.136. The van der Waals surface area contributed by atoms with E-state index in [9.17, 15) is 14.4 Å². The second-order valence-corrected chi connectivity index (χ2v) is 7.21. The summed E-state index contributed by atoms with van der Waals surface area (Å²) in [6.45, 7) is 0.357. The second kappa shape index (κ2) is 9.66. The zero-order valence-electron chi connectivity index (χ0n) is 15.6. The Labute approximate surface area is 172 Å². The number of nitrogens with one attached hydrogen (secondary N) is 2. The lowest BCUT2D eigenvalue weighted by Crippen LogP contribution is -2.24. The van der Waals surface area contributed by atoms with Gasteiger partial charge in [0.15, 0.2) is 0 Å². The maximum Gasteiger partial charge on any atom is 0.303 e. The molecule has 2 amide bonds. The summed E-state index contributed by atoms with van der Waals surface area (Å²) in [5.74, 6) is -1.79. The average molecular weight is 408 g/mol. The highest BCUT2D eigenvalue weighted by Crippen LogP contribution is 2.35. The van der Waals surface area contributed by atoms with E-state index in [1.54, 1.807) is 0 Å². The van der Waals surface area contributed by atoms with Crippen molar-refractivity contribution in [2.45, 2.75) is 19.4 Å². The lowest BCUT2D eigenvalue weighted by atomic mass is 10.0. The highest BCUT2D eigenvalue weighted by molar-refractivity contribution is 7.15. The Kier molecular flexibility index (Phi) is 6.76. The van der Waals surface area contributed by atoms with Crippen molar-refractivity contribution in [2.75, 3.05) is 5.32 Å². The fourth-order valence-corrected chi connectivity index (χ4v) is 3.76. The molecule has 0 bridgehead atoms. The molecule has 0 radical (unpaired) electrons. The van der Waals surface area contributed by atoms with Crippen LogP contribution in [0.1, 0.15) is 28.8 Å². The van der Waals surface area contributed by atoms with Gasteiger partial charge in [0.1, 0.15) is 5.00 Å². The molecule has 0 saturated heterocycles. The molecule has 0 fully saturated rings. The van der Waals surface area contributed by atoms with Crippen LogP contribution in [-0.2, 0) is 16.1 Å². The Morgan fingerprint density at radius 2 is 1.55 bits per heavy atom. The third-order valence-corrected chi connectivity index (χ3v) is 5.11. The number of benzene rings is 2. The smallest absolute Gasteiger partial charge is 0.303 e. The molecule has 0 aliphatic rings. The standard InChI is InChI=1S/C22H20N2O4S/c25-18(11-12-19(26)27)24-22-20(17(14-29-22)16-9-5-2-6-10-16)21(28)23-13-15-7-3-1-4-8-15/h1-10,14H,11-13H2,(H,23,28)(H,24,25)(H,26,27). The predicted molar refractivity (Wildman–Crippen MR) is 113 cm³/mol. The first-order valence-corrected chi connectivity index (χ1v) is 9.93. The van der Waals surface area contributed by atoms with Gasteiger partial charge in [-0.2, -0.15) is 0 Å². The van der Waals surface area contributed by atoms with Gasteiger partial charge in [-0.15, -0.1) is 11.3 Å². The van der Waals surface area contributed by atoms with E-state index < -0.39 is 11.9 Å². The van der Waals surface area contributed by atoms with Crippen molar-refractivity contribution in [3.63, 3.8) is 0 Å². The summed E-state index contributed by atoms with van der Waals surface area (Å²) in [5.41, 5.74) is 2.92. The van der Waals surface area contributed by atoms with Crippen LogP contribution in [0.5, 0.6) is 0 Å². The molecule has 0 aliphatic heterocycles. The summed E-state index contributed by atoms with van der Waals surface area (Å²) in [6.07, 6.45) is -0.419. The summed E-state index contributed by atoms with van der Waals surface area (Å²) in [4.78, 5) is 35.8. The van der Waals surface area contributed by atoms with Gasteiger partial charge in [-0.3, -0.25) is 14.4 Å². The zero-order chi connectivity index (χ0) is 20.6. The number of aliphatic carboxylic acids is 1. The van der Waals surface area contributed by atoms with E-state index in [4.69, 9.17) is 5.11 Å². The van der Waals surface area contributed by atoms with E-state index in [2.05, 4.69) is 10.6 Å². The molecule has 7 heteroatoms. The van der Waals surface area contributed by atoms with Crippen molar-refractivity contribution in [2.24, 2.45) is 0 Å². The van der Waals surface area contributed by atoms with E-state index in [0.29, 0.717) is 17.1 Å². The molecule has 3 aromatic rings. The molecule has 3 rings (SSSR count). The molecule has 1 aromatic heterocycles. The van der Waals surface area contributed by atoms with Crippen LogP contribution in [0.15, 0.2) is 66.0 Å². The third-order valence-electron chi connectivity index (χ3n) is 4.22. The number of carbonyl (C=O) groups is 3. The van der Waals surface area contributed by atoms with Crippen molar-refractivity contribution in [1.82, 2.24) is 5.32 Å². The number of hydrogen-bond donors (Lipinski definition) is 3. The van der Waals surface area contributed by atoms with E-state index >= 15 is 0 Å². The fourth-order valence-electron chi connectivity index (χ4n) is 2.78. The topological polar surface area (TPSA) is 95.5 Å². The molecule has 148 valence electrons. The number of carbonyl (C=O) groups excluding carboxylic acids is 2. The van der Waals surface area contributed by atoms with Crippen molar-refractivity contribution < 1.29 is 19.5 Å². The number of rotatable bonds is 8. The van der Waals surface area contributed by atoms with Crippen molar-refractivity contribution in [3.05, 3.63) is 77.2 Å². The van der Waals surface area contributed by atoms with Crippen LogP contribution < -0.4 is 10.6 Å². The summed E-state index contributed by atoms with van der Waals surface area (Å²) >= 11 is 1.24. The first-order chi connectivity index (χ1) is 14.0. The normalized spacial score (nSPS) is 10.3. The number of hydrogen-bond acceptors (Lipinski definition) is 4. The molecule has 6 nitrogen and oxygen atoms in total. The Balaban J connectivity index is 1.84. The molecule has 0 unspecified atom stereocenters. The first-order valence-electron chi connectivity index (χ1n) is 9.05. The van der Waals surface area contributed by atoms with Gasteiger partial charge < -0.3 is 15.7 Å². The van der Waals surface area contributed by atoms with Gasteiger partial charge in [-0.1, -0.05) is 60.7 Å². The zero-order valence-corrected chi connectivity index (χ0v) is 16.4. The molecule has 0 spiro atoms. The second-order valence-electron chi connectivity index (χ2n) is 6.33. The Morgan fingerprint density at radius 3 is 2.21 bits per heavy atom. The molecule has 2 aromatic carbocycles. The van der Waals surface area contributed by atoms with Crippen LogP contribution in [0.3, 0.4) is 0 Å². The lowest BCUT2D eigenvalue weighted by molar-refractivity contribution is -0.138. The number of carboxylic acids is 1. The Morgan fingerprint density at radius 1 is 0.897 bits per heavy atom. The van der Waals surface area contributed by atoms with E-state index in [0.717, 1.165) is 16.7 Å². The SMILES string of the molecule is O=C(O)CCC(=O)Nc1scc(-c2ccccc2)c1C(=O)NCc1ccccc1. The van der Waals surface area contributed by atoms with Crippen LogP contribution >= 0.6 is 11.3 Å². The first kappa shape index (κ1) is 20.3. The maximum atomic E-state index is 13.0. The Bertz CT molecular complexity index is 1000. The van der Waals surface area contributed by atoms with Crippen LogP contribution in [-0.4, -0.2) is 22.9 Å². The van der Waals surface area contributed by atoms with Crippen LogP contribution in [0.2, 0.25) is 0 Å². The monoisotopic (exact) mass is 408 g/mol. The largest absolute Gasteiger partial charge is 0.481 e. The minimum absolute atomic E-state index is 0.154.